The van der Waals surface area contributed by atoms with Gasteiger partial charge in [0, 0.05) is 23.0 Å². The van der Waals surface area contributed by atoms with Crippen molar-refractivity contribution in [3.8, 4) is 0 Å². The number of benzene rings is 2. The van der Waals surface area contributed by atoms with E-state index >= 15 is 0 Å². The number of anilines is 2. The summed E-state index contributed by atoms with van der Waals surface area (Å²) >= 11 is 25.0. The average Bonchev–Trinajstić information content (AvgIpc) is 3.07. The zero-order valence-corrected chi connectivity index (χ0v) is 18.4. The van der Waals surface area contributed by atoms with E-state index < -0.39 is 12.2 Å². The SMILES string of the molecule is [N-]=[N+]=NC(c1ccc(Cl)c2nc3n(c12)CCCN3c1c(Cl)cc(Cl)cc1Cl)C(F)(F)F. The van der Waals surface area contributed by atoms with Crippen LogP contribution in [0, 0.1) is 0 Å². The number of aryl methyl sites for hydroxylation is 1. The summed E-state index contributed by atoms with van der Waals surface area (Å²) < 4.78 is 42.6. The Hall–Kier alpha value is -2.03. The van der Waals surface area contributed by atoms with Gasteiger partial charge in [0.05, 0.1) is 26.3 Å². The third-order valence-corrected chi connectivity index (χ3v) is 5.98. The van der Waals surface area contributed by atoms with E-state index in [-0.39, 0.29) is 31.7 Å². The van der Waals surface area contributed by atoms with Crippen LogP contribution in [0.25, 0.3) is 21.5 Å². The van der Waals surface area contributed by atoms with Crippen molar-refractivity contribution in [2.24, 2.45) is 5.11 Å². The van der Waals surface area contributed by atoms with Gasteiger partial charge < -0.3 is 9.47 Å². The molecule has 0 radical (unpaired) electrons. The quantitative estimate of drug-likeness (QED) is 0.203. The third kappa shape index (κ3) is 3.85. The van der Waals surface area contributed by atoms with Crippen molar-refractivity contribution >= 4 is 69.1 Å². The number of alkyl halides is 3. The highest BCUT2D eigenvalue weighted by atomic mass is 35.5. The minimum atomic E-state index is -4.80. The highest BCUT2D eigenvalue weighted by Gasteiger charge is 2.42. The molecule has 1 aliphatic rings. The number of rotatable bonds is 3. The monoisotopic (exact) mass is 508 g/mol. The van der Waals surface area contributed by atoms with Gasteiger partial charge >= 0.3 is 6.18 Å². The van der Waals surface area contributed by atoms with Crippen molar-refractivity contribution in [3.05, 3.63) is 60.4 Å². The zero-order valence-electron chi connectivity index (χ0n) is 15.3. The van der Waals surface area contributed by atoms with Crippen molar-refractivity contribution in [3.63, 3.8) is 0 Å². The normalized spacial score (nSPS) is 15.0. The summed E-state index contributed by atoms with van der Waals surface area (Å²) in [5, 5.41) is 4.04. The van der Waals surface area contributed by atoms with Crippen molar-refractivity contribution in [2.45, 2.75) is 25.2 Å². The van der Waals surface area contributed by atoms with Gasteiger partial charge in [-0.25, -0.2) is 4.98 Å². The number of nitrogens with zero attached hydrogens (tertiary/aromatic N) is 6. The number of hydrogen-bond acceptors (Lipinski definition) is 3. The summed E-state index contributed by atoms with van der Waals surface area (Å²) in [6, 6.07) is 3.15. The fourth-order valence-electron chi connectivity index (χ4n) is 3.71. The fourth-order valence-corrected chi connectivity index (χ4v) is 4.92. The molecule has 31 heavy (non-hydrogen) atoms. The van der Waals surface area contributed by atoms with Gasteiger partial charge in [0.25, 0.3) is 0 Å². The highest BCUT2D eigenvalue weighted by Crippen LogP contribution is 2.45. The molecule has 3 aromatic rings. The van der Waals surface area contributed by atoms with Gasteiger partial charge in [-0.15, -0.1) is 0 Å². The number of aromatic nitrogens is 2. The Balaban J connectivity index is 2.00. The number of azide groups is 1. The van der Waals surface area contributed by atoms with Gasteiger partial charge in [-0.3, -0.25) is 0 Å². The summed E-state index contributed by atoms with van der Waals surface area (Å²) in [5.74, 6) is 0.323. The molecule has 13 heteroatoms. The van der Waals surface area contributed by atoms with E-state index in [2.05, 4.69) is 15.0 Å². The second-order valence-corrected chi connectivity index (χ2v) is 8.43. The molecule has 1 unspecified atom stereocenters. The molecule has 1 aliphatic heterocycles. The Morgan fingerprint density at radius 1 is 1.06 bits per heavy atom. The number of halogens is 7. The number of fused-ring (bicyclic) bond motifs is 3. The predicted octanol–water partition coefficient (Wildman–Crippen LogP) is 8.11. The maximum absolute atomic E-state index is 13.7. The molecule has 0 N–H and O–H groups in total. The predicted molar refractivity (Wildman–Crippen MR) is 116 cm³/mol. The molecule has 0 amide bonds. The molecule has 6 nitrogen and oxygen atoms in total. The summed E-state index contributed by atoms with van der Waals surface area (Å²) in [5.41, 5.74) is 9.21. The molecule has 0 aliphatic carbocycles. The number of hydrogen-bond donors (Lipinski definition) is 0. The lowest BCUT2D eigenvalue weighted by Crippen LogP contribution is -2.29. The summed E-state index contributed by atoms with van der Waals surface area (Å²) in [6.45, 7) is 0.843. The number of imidazole rings is 1. The summed E-state index contributed by atoms with van der Waals surface area (Å²) in [4.78, 5) is 8.60. The molecule has 0 saturated carbocycles. The van der Waals surface area contributed by atoms with Crippen LogP contribution in [0.3, 0.4) is 0 Å². The third-order valence-electron chi connectivity index (χ3n) is 4.88. The van der Waals surface area contributed by atoms with E-state index in [1.807, 2.05) is 0 Å². The average molecular weight is 510 g/mol. The van der Waals surface area contributed by atoms with Crippen molar-refractivity contribution in [1.82, 2.24) is 9.55 Å². The van der Waals surface area contributed by atoms with Crippen LogP contribution >= 0.6 is 46.4 Å². The first-order valence-electron chi connectivity index (χ1n) is 8.85. The summed E-state index contributed by atoms with van der Waals surface area (Å²) in [6.07, 6.45) is -4.23. The lowest BCUT2D eigenvalue weighted by Gasteiger charge is -2.31. The molecular formula is C18H11Cl4F3N6. The first kappa shape index (κ1) is 22.2. The second-order valence-electron chi connectivity index (χ2n) is 6.77. The molecule has 0 bridgehead atoms. The molecular weight excluding hydrogens is 499 g/mol. The Morgan fingerprint density at radius 3 is 2.35 bits per heavy atom. The molecule has 1 atom stereocenters. The van der Waals surface area contributed by atoms with Crippen LogP contribution in [0.5, 0.6) is 0 Å². The van der Waals surface area contributed by atoms with Crippen LogP contribution in [0.2, 0.25) is 20.1 Å². The molecule has 0 saturated heterocycles. The molecule has 0 spiro atoms. The standard InChI is InChI=1S/C18H11Cl4F3N6/c19-8-6-11(21)15(12(22)7-8)31-5-1-4-30-14-9(16(28-29-26)18(23,24)25)2-3-10(20)13(14)27-17(30)31/h2-3,6-7,16H,1,4-5H2. The van der Waals surface area contributed by atoms with E-state index in [9.17, 15) is 13.2 Å². The smallest absolute Gasteiger partial charge is 0.309 e. The maximum atomic E-state index is 13.7. The lowest BCUT2D eigenvalue weighted by molar-refractivity contribution is -0.148. The Morgan fingerprint density at radius 2 is 1.74 bits per heavy atom. The molecule has 0 fully saturated rings. The first-order valence-corrected chi connectivity index (χ1v) is 10.4. The minimum Gasteiger partial charge on any atom is -0.309 e. The molecule has 162 valence electrons. The van der Waals surface area contributed by atoms with E-state index in [1.165, 1.54) is 24.3 Å². The van der Waals surface area contributed by atoms with Crippen LogP contribution in [0.15, 0.2) is 29.4 Å². The van der Waals surface area contributed by atoms with Crippen molar-refractivity contribution in [2.75, 3.05) is 11.4 Å². The van der Waals surface area contributed by atoms with Gasteiger partial charge in [0.2, 0.25) is 5.95 Å². The van der Waals surface area contributed by atoms with E-state index in [4.69, 9.17) is 51.9 Å². The van der Waals surface area contributed by atoms with Crippen molar-refractivity contribution < 1.29 is 13.2 Å². The Kier molecular flexibility index (Phi) is 5.83. The van der Waals surface area contributed by atoms with Gasteiger partial charge in [-0.05, 0) is 35.7 Å². The Bertz CT molecular complexity index is 1210. The highest BCUT2D eigenvalue weighted by molar-refractivity contribution is 6.42. The van der Waals surface area contributed by atoms with Crippen LogP contribution in [-0.4, -0.2) is 22.3 Å². The molecule has 1 aromatic heterocycles. The van der Waals surface area contributed by atoms with Gasteiger partial charge in [0.15, 0.2) is 6.04 Å². The second kappa shape index (κ2) is 8.15. The van der Waals surface area contributed by atoms with Gasteiger partial charge in [-0.2, -0.15) is 13.2 Å². The zero-order chi connectivity index (χ0) is 22.5. The largest absolute Gasteiger partial charge is 0.401 e. The lowest BCUT2D eigenvalue weighted by atomic mass is 10.0. The van der Waals surface area contributed by atoms with E-state index in [0.717, 1.165) is 0 Å². The van der Waals surface area contributed by atoms with Crippen LogP contribution in [-0.2, 0) is 6.54 Å². The van der Waals surface area contributed by atoms with Gasteiger partial charge in [-0.1, -0.05) is 57.6 Å². The van der Waals surface area contributed by atoms with Crippen LogP contribution < -0.4 is 4.90 Å². The summed E-state index contributed by atoms with van der Waals surface area (Å²) in [7, 11) is 0. The van der Waals surface area contributed by atoms with E-state index in [1.54, 1.807) is 9.47 Å². The van der Waals surface area contributed by atoms with Gasteiger partial charge in [0.1, 0.15) is 5.52 Å². The first-order chi connectivity index (χ1) is 14.6. The molecule has 2 aromatic carbocycles. The van der Waals surface area contributed by atoms with E-state index in [0.29, 0.717) is 36.2 Å². The van der Waals surface area contributed by atoms with Crippen LogP contribution in [0.4, 0.5) is 24.8 Å². The van der Waals surface area contributed by atoms with Crippen LogP contribution in [0.1, 0.15) is 18.0 Å². The molecule has 2 heterocycles. The van der Waals surface area contributed by atoms with Crippen molar-refractivity contribution in [1.29, 1.82) is 0 Å². The maximum Gasteiger partial charge on any atom is 0.401 e. The molecule has 4 rings (SSSR count). The fraction of sp³-hybridized carbons (Fsp3) is 0.278. The topological polar surface area (TPSA) is 69.8 Å². The minimum absolute atomic E-state index is 0.142. The Labute approximate surface area is 193 Å².